The molecule has 0 bridgehead atoms. The fourth-order valence-corrected chi connectivity index (χ4v) is 1.37. The highest BCUT2D eigenvalue weighted by Crippen LogP contribution is 2.33. The van der Waals surface area contributed by atoms with Crippen LogP contribution in [0, 0.1) is 13.8 Å². The van der Waals surface area contributed by atoms with Gasteiger partial charge in [-0.2, -0.15) is 8.78 Å². The SMILES string of the molecule is Cc1cc(N)cc(C)c1OC(F)(F)C(F)Cl. The van der Waals surface area contributed by atoms with Crippen LogP contribution in [0.5, 0.6) is 5.75 Å². The number of rotatable bonds is 3. The third kappa shape index (κ3) is 2.72. The van der Waals surface area contributed by atoms with Crippen LogP contribution in [-0.2, 0) is 0 Å². The Morgan fingerprint density at radius 3 is 2.12 bits per heavy atom. The molecule has 2 N–H and O–H groups in total. The van der Waals surface area contributed by atoms with Gasteiger partial charge in [-0.1, -0.05) is 11.6 Å². The lowest BCUT2D eigenvalue weighted by atomic mass is 10.1. The molecule has 16 heavy (non-hydrogen) atoms. The van der Waals surface area contributed by atoms with E-state index in [0.717, 1.165) is 0 Å². The molecule has 0 aliphatic rings. The number of ether oxygens (including phenoxy) is 1. The highest BCUT2D eigenvalue weighted by Gasteiger charge is 2.42. The number of anilines is 1. The summed E-state index contributed by atoms with van der Waals surface area (Å²) in [6.07, 6.45) is -4.06. The third-order valence-corrected chi connectivity index (χ3v) is 2.23. The molecule has 1 aromatic rings. The van der Waals surface area contributed by atoms with E-state index in [4.69, 9.17) is 5.73 Å². The molecule has 0 fully saturated rings. The second kappa shape index (κ2) is 4.41. The molecule has 0 aliphatic heterocycles. The van der Waals surface area contributed by atoms with Crippen molar-refractivity contribution in [2.45, 2.75) is 25.6 Å². The first-order valence-corrected chi connectivity index (χ1v) is 4.89. The number of halogens is 4. The Hall–Kier alpha value is -1.10. The molecule has 0 aliphatic carbocycles. The average Bonchev–Trinajstić information content (AvgIpc) is 2.11. The molecule has 0 aromatic heterocycles. The largest absolute Gasteiger partial charge is 0.444 e. The first-order valence-electron chi connectivity index (χ1n) is 4.45. The van der Waals surface area contributed by atoms with Crippen LogP contribution >= 0.6 is 11.6 Å². The summed E-state index contributed by atoms with van der Waals surface area (Å²) < 4.78 is 42.5. The third-order valence-electron chi connectivity index (χ3n) is 1.97. The van der Waals surface area contributed by atoms with E-state index in [0.29, 0.717) is 16.8 Å². The van der Waals surface area contributed by atoms with E-state index >= 15 is 0 Å². The van der Waals surface area contributed by atoms with Crippen molar-refractivity contribution in [3.63, 3.8) is 0 Å². The Kier molecular flexibility index (Phi) is 3.57. The summed E-state index contributed by atoms with van der Waals surface area (Å²) >= 11 is 4.69. The normalized spacial score (nSPS) is 13.6. The smallest absolute Gasteiger partial charge is 0.429 e. The van der Waals surface area contributed by atoms with Crippen molar-refractivity contribution < 1.29 is 17.9 Å². The molecule has 0 amide bonds. The van der Waals surface area contributed by atoms with E-state index in [-0.39, 0.29) is 5.75 Å². The zero-order valence-electron chi connectivity index (χ0n) is 8.73. The maximum atomic E-state index is 12.9. The van der Waals surface area contributed by atoms with Gasteiger partial charge >= 0.3 is 6.11 Å². The monoisotopic (exact) mass is 253 g/mol. The second-order valence-electron chi connectivity index (χ2n) is 3.45. The molecular weight excluding hydrogens is 243 g/mol. The summed E-state index contributed by atoms with van der Waals surface area (Å²) in [7, 11) is 0. The van der Waals surface area contributed by atoms with Gasteiger partial charge in [-0.05, 0) is 37.1 Å². The zero-order chi connectivity index (χ0) is 12.5. The predicted octanol–water partition coefficient (Wildman–Crippen LogP) is 3.39. The van der Waals surface area contributed by atoms with Crippen LogP contribution in [0.4, 0.5) is 18.9 Å². The minimum atomic E-state index is -4.06. The summed E-state index contributed by atoms with van der Waals surface area (Å²) in [6.45, 7) is 3.08. The molecule has 0 radical (unpaired) electrons. The van der Waals surface area contributed by atoms with Crippen LogP contribution < -0.4 is 10.5 Å². The van der Waals surface area contributed by atoms with Crippen LogP contribution in [0.2, 0.25) is 0 Å². The minimum Gasteiger partial charge on any atom is -0.429 e. The first kappa shape index (κ1) is 13.0. The quantitative estimate of drug-likeness (QED) is 0.662. The van der Waals surface area contributed by atoms with Gasteiger partial charge in [-0.25, -0.2) is 4.39 Å². The van der Waals surface area contributed by atoms with Crippen LogP contribution in [0.3, 0.4) is 0 Å². The van der Waals surface area contributed by atoms with E-state index < -0.39 is 11.7 Å². The van der Waals surface area contributed by atoms with Gasteiger partial charge in [0.15, 0.2) is 0 Å². The van der Waals surface area contributed by atoms with Gasteiger partial charge in [0.1, 0.15) is 5.75 Å². The molecule has 1 rings (SSSR count). The van der Waals surface area contributed by atoms with Gasteiger partial charge in [-0.3, -0.25) is 0 Å². The molecule has 0 saturated heterocycles. The molecule has 2 nitrogen and oxygen atoms in total. The van der Waals surface area contributed by atoms with Crippen molar-refractivity contribution in [3.05, 3.63) is 23.3 Å². The van der Waals surface area contributed by atoms with Crippen molar-refractivity contribution in [1.29, 1.82) is 0 Å². The topological polar surface area (TPSA) is 35.2 Å². The standard InChI is InChI=1S/C10H11ClF3NO/c1-5-3-7(15)4-6(2)8(5)16-10(13,14)9(11)12/h3-4,9H,15H2,1-2H3. The molecule has 0 spiro atoms. The van der Waals surface area contributed by atoms with Gasteiger partial charge in [0.2, 0.25) is 0 Å². The van der Waals surface area contributed by atoms with Crippen molar-refractivity contribution in [2.24, 2.45) is 0 Å². The molecule has 6 heteroatoms. The molecular formula is C10H11ClF3NO. The molecule has 1 unspecified atom stereocenters. The Morgan fingerprint density at radius 1 is 1.31 bits per heavy atom. The predicted molar refractivity (Wildman–Crippen MR) is 56.7 cm³/mol. The van der Waals surface area contributed by atoms with Gasteiger partial charge in [0.25, 0.3) is 5.63 Å². The van der Waals surface area contributed by atoms with Gasteiger partial charge < -0.3 is 10.5 Å². The Labute approximate surface area is 96.1 Å². The van der Waals surface area contributed by atoms with Crippen LogP contribution in [0.15, 0.2) is 12.1 Å². The lowest BCUT2D eigenvalue weighted by Crippen LogP contribution is -2.33. The number of aryl methyl sites for hydroxylation is 2. The number of alkyl halides is 4. The highest BCUT2D eigenvalue weighted by molar-refractivity contribution is 6.20. The van der Waals surface area contributed by atoms with Gasteiger partial charge in [0, 0.05) is 5.69 Å². The fourth-order valence-electron chi connectivity index (χ4n) is 1.33. The number of hydrogen-bond acceptors (Lipinski definition) is 2. The van der Waals surface area contributed by atoms with E-state index in [2.05, 4.69) is 16.3 Å². The van der Waals surface area contributed by atoms with Gasteiger partial charge in [-0.15, -0.1) is 0 Å². The number of nitrogens with two attached hydrogens (primary N) is 1. The maximum absolute atomic E-state index is 12.9. The molecule has 90 valence electrons. The summed E-state index contributed by atoms with van der Waals surface area (Å²) in [5, 5.41) is 0. The summed E-state index contributed by atoms with van der Waals surface area (Å²) in [4.78, 5) is 0. The average molecular weight is 254 g/mol. The van der Waals surface area contributed by atoms with Crippen LogP contribution in [0.25, 0.3) is 0 Å². The van der Waals surface area contributed by atoms with E-state index in [1.807, 2.05) is 0 Å². The van der Waals surface area contributed by atoms with Crippen molar-refractivity contribution in [2.75, 3.05) is 5.73 Å². The minimum absolute atomic E-state index is 0.109. The zero-order valence-corrected chi connectivity index (χ0v) is 9.49. The Morgan fingerprint density at radius 2 is 1.75 bits per heavy atom. The van der Waals surface area contributed by atoms with Crippen LogP contribution in [-0.4, -0.2) is 11.7 Å². The second-order valence-corrected chi connectivity index (χ2v) is 3.83. The summed E-state index contributed by atoms with van der Waals surface area (Å²) in [6, 6.07) is 2.92. The Balaban J connectivity index is 3.07. The van der Waals surface area contributed by atoms with Crippen LogP contribution in [0.1, 0.15) is 11.1 Å². The van der Waals surface area contributed by atoms with E-state index in [1.54, 1.807) is 0 Å². The highest BCUT2D eigenvalue weighted by atomic mass is 35.5. The summed E-state index contributed by atoms with van der Waals surface area (Å²) in [5.74, 6) is -0.109. The van der Waals surface area contributed by atoms with Crippen molar-refractivity contribution in [3.8, 4) is 5.75 Å². The maximum Gasteiger partial charge on any atom is 0.444 e. The molecule has 0 heterocycles. The van der Waals surface area contributed by atoms with E-state index in [9.17, 15) is 13.2 Å². The number of benzene rings is 1. The number of nitrogen functional groups attached to an aromatic ring is 1. The Bertz CT molecular complexity index is 373. The van der Waals surface area contributed by atoms with E-state index in [1.165, 1.54) is 26.0 Å². The first-order chi connectivity index (χ1) is 7.24. The van der Waals surface area contributed by atoms with Crippen molar-refractivity contribution in [1.82, 2.24) is 0 Å². The lowest BCUT2D eigenvalue weighted by molar-refractivity contribution is -0.199. The van der Waals surface area contributed by atoms with Crippen molar-refractivity contribution >= 4 is 17.3 Å². The lowest BCUT2D eigenvalue weighted by Gasteiger charge is -2.20. The summed E-state index contributed by atoms with van der Waals surface area (Å²) in [5.41, 5.74) is 3.83. The molecule has 0 saturated carbocycles. The molecule has 1 atom stereocenters. The number of hydrogen-bond donors (Lipinski definition) is 1. The molecule has 1 aromatic carbocycles. The van der Waals surface area contributed by atoms with Gasteiger partial charge in [0.05, 0.1) is 0 Å². The fraction of sp³-hybridized carbons (Fsp3) is 0.400.